The molecule has 1 fully saturated rings. The van der Waals surface area contributed by atoms with Crippen molar-refractivity contribution < 1.29 is 14.8 Å². The van der Waals surface area contributed by atoms with Gasteiger partial charge >= 0.3 is 7.12 Å². The van der Waals surface area contributed by atoms with E-state index in [0.717, 1.165) is 36.9 Å². The molecule has 2 N–H and O–H groups in total. The van der Waals surface area contributed by atoms with Crippen molar-refractivity contribution in [2.75, 3.05) is 20.2 Å². The van der Waals surface area contributed by atoms with Crippen LogP contribution >= 0.6 is 0 Å². The predicted octanol–water partition coefficient (Wildman–Crippen LogP) is 0.607. The minimum Gasteiger partial charge on any atom is -0.497 e. The second-order valence-electron chi connectivity index (χ2n) is 5.24. The van der Waals surface area contributed by atoms with Crippen LogP contribution in [0.15, 0.2) is 18.2 Å². The summed E-state index contributed by atoms with van der Waals surface area (Å²) in [6, 6.07) is 5.39. The van der Waals surface area contributed by atoms with Crippen molar-refractivity contribution in [1.29, 1.82) is 0 Å². The zero-order valence-corrected chi connectivity index (χ0v) is 11.7. The molecule has 1 aliphatic heterocycles. The van der Waals surface area contributed by atoms with E-state index in [1.54, 1.807) is 19.2 Å². The van der Waals surface area contributed by atoms with Gasteiger partial charge in [-0.1, -0.05) is 19.4 Å². The highest BCUT2D eigenvalue weighted by molar-refractivity contribution is 6.59. The lowest BCUT2D eigenvalue weighted by molar-refractivity contribution is 0.314. The number of hydrogen-bond donors (Lipinski definition) is 2. The summed E-state index contributed by atoms with van der Waals surface area (Å²) in [7, 11) is 0.197. The highest BCUT2D eigenvalue weighted by Gasteiger charge is 2.23. The van der Waals surface area contributed by atoms with Crippen LogP contribution < -0.4 is 10.2 Å². The lowest BCUT2D eigenvalue weighted by Crippen LogP contribution is -2.35. The molecule has 0 aromatic heterocycles. The third kappa shape index (κ3) is 3.50. The fourth-order valence-electron chi connectivity index (χ4n) is 2.73. The number of benzene rings is 1. The first-order valence-electron chi connectivity index (χ1n) is 6.89. The van der Waals surface area contributed by atoms with Gasteiger partial charge in [0.15, 0.2) is 0 Å². The Hall–Kier alpha value is -1.04. The van der Waals surface area contributed by atoms with Crippen LogP contribution in [0.4, 0.5) is 0 Å². The Morgan fingerprint density at radius 3 is 2.79 bits per heavy atom. The Labute approximate surface area is 115 Å². The molecular weight excluding hydrogens is 241 g/mol. The molecule has 1 aromatic carbocycles. The van der Waals surface area contributed by atoms with Crippen molar-refractivity contribution in [3.05, 3.63) is 23.8 Å². The van der Waals surface area contributed by atoms with Crippen LogP contribution in [-0.2, 0) is 6.54 Å². The van der Waals surface area contributed by atoms with Crippen LogP contribution in [0.5, 0.6) is 5.75 Å². The maximum atomic E-state index is 9.44. The van der Waals surface area contributed by atoms with Gasteiger partial charge in [-0.2, -0.15) is 0 Å². The third-order valence-electron chi connectivity index (χ3n) is 3.97. The Balaban J connectivity index is 2.13. The molecule has 19 heavy (non-hydrogen) atoms. The maximum absolute atomic E-state index is 9.44. The molecule has 0 bridgehead atoms. The van der Waals surface area contributed by atoms with E-state index in [9.17, 15) is 10.0 Å². The molecule has 1 aliphatic rings. The van der Waals surface area contributed by atoms with E-state index in [1.807, 2.05) is 6.07 Å². The first kappa shape index (κ1) is 14.4. The van der Waals surface area contributed by atoms with Gasteiger partial charge in [-0.15, -0.1) is 0 Å². The van der Waals surface area contributed by atoms with E-state index in [-0.39, 0.29) is 0 Å². The molecule has 0 amide bonds. The summed E-state index contributed by atoms with van der Waals surface area (Å²) >= 11 is 0. The number of rotatable bonds is 5. The smallest absolute Gasteiger partial charge is 0.488 e. The molecular formula is C14H22BNO3. The number of ether oxygens (including phenoxy) is 1. The van der Waals surface area contributed by atoms with Crippen molar-refractivity contribution in [1.82, 2.24) is 4.90 Å². The summed E-state index contributed by atoms with van der Waals surface area (Å²) in [5.74, 6) is 1.53. The van der Waals surface area contributed by atoms with Gasteiger partial charge in [-0.3, -0.25) is 4.90 Å². The van der Waals surface area contributed by atoms with Gasteiger partial charge in [-0.25, -0.2) is 0 Å². The average molecular weight is 263 g/mol. The van der Waals surface area contributed by atoms with Gasteiger partial charge in [0, 0.05) is 13.1 Å². The first-order chi connectivity index (χ1) is 9.13. The molecule has 1 atom stereocenters. The monoisotopic (exact) mass is 263 g/mol. The Kier molecular flexibility index (Phi) is 4.85. The van der Waals surface area contributed by atoms with Crippen LogP contribution in [0.3, 0.4) is 0 Å². The molecule has 0 saturated carbocycles. The third-order valence-corrected chi connectivity index (χ3v) is 3.97. The molecule has 0 radical (unpaired) electrons. The van der Waals surface area contributed by atoms with Gasteiger partial charge in [0.1, 0.15) is 5.75 Å². The van der Waals surface area contributed by atoms with E-state index < -0.39 is 7.12 Å². The maximum Gasteiger partial charge on any atom is 0.488 e. The Morgan fingerprint density at radius 2 is 2.21 bits per heavy atom. The van der Waals surface area contributed by atoms with Gasteiger partial charge in [0.2, 0.25) is 0 Å². The van der Waals surface area contributed by atoms with Crippen LogP contribution in [-0.4, -0.2) is 42.3 Å². The van der Waals surface area contributed by atoms with Crippen LogP contribution in [0, 0.1) is 5.92 Å². The molecule has 0 aliphatic carbocycles. The molecule has 0 spiro atoms. The number of likely N-dealkylation sites (tertiary alicyclic amines) is 1. The zero-order valence-electron chi connectivity index (χ0n) is 11.7. The van der Waals surface area contributed by atoms with Crippen LogP contribution in [0.1, 0.15) is 25.3 Å². The van der Waals surface area contributed by atoms with E-state index in [4.69, 9.17) is 4.74 Å². The normalized spacial score (nSPS) is 19.7. The Morgan fingerprint density at radius 1 is 1.42 bits per heavy atom. The summed E-state index contributed by atoms with van der Waals surface area (Å²) < 4.78 is 5.21. The van der Waals surface area contributed by atoms with Crippen molar-refractivity contribution in [3.63, 3.8) is 0 Å². The molecule has 2 rings (SSSR count). The number of hydrogen-bond acceptors (Lipinski definition) is 4. The van der Waals surface area contributed by atoms with Crippen molar-refractivity contribution in [2.24, 2.45) is 5.92 Å². The summed E-state index contributed by atoms with van der Waals surface area (Å²) in [4.78, 5) is 2.37. The van der Waals surface area contributed by atoms with Crippen LogP contribution in [0.25, 0.3) is 0 Å². The van der Waals surface area contributed by atoms with E-state index in [0.29, 0.717) is 5.46 Å². The molecule has 4 nitrogen and oxygen atoms in total. The van der Waals surface area contributed by atoms with Crippen molar-refractivity contribution in [2.45, 2.75) is 26.3 Å². The molecule has 5 heteroatoms. The molecule has 1 heterocycles. The van der Waals surface area contributed by atoms with E-state index >= 15 is 0 Å². The minimum atomic E-state index is -1.43. The predicted molar refractivity (Wildman–Crippen MR) is 76.5 cm³/mol. The lowest BCUT2D eigenvalue weighted by Gasteiger charge is -2.19. The summed E-state index contributed by atoms with van der Waals surface area (Å²) in [5, 5.41) is 18.9. The minimum absolute atomic E-state index is 0.570. The van der Waals surface area contributed by atoms with Crippen molar-refractivity contribution in [3.8, 4) is 5.75 Å². The molecule has 104 valence electrons. The number of methoxy groups -OCH3 is 1. The van der Waals surface area contributed by atoms with E-state index in [2.05, 4.69) is 11.8 Å². The Bertz CT molecular complexity index is 425. The molecule has 1 saturated heterocycles. The quantitative estimate of drug-likeness (QED) is 0.764. The molecule has 1 aromatic rings. The zero-order chi connectivity index (χ0) is 13.8. The van der Waals surface area contributed by atoms with E-state index in [1.165, 1.54) is 12.8 Å². The highest BCUT2D eigenvalue weighted by atomic mass is 16.5. The SMILES string of the molecule is CCC1CCN(Cc2cc(OC)ccc2B(O)O)C1. The van der Waals surface area contributed by atoms with Gasteiger partial charge in [0.05, 0.1) is 7.11 Å². The van der Waals surface area contributed by atoms with Crippen molar-refractivity contribution >= 4 is 12.6 Å². The average Bonchev–Trinajstić information content (AvgIpc) is 2.86. The van der Waals surface area contributed by atoms with Gasteiger partial charge in [0.25, 0.3) is 0 Å². The largest absolute Gasteiger partial charge is 0.497 e. The van der Waals surface area contributed by atoms with Crippen LogP contribution in [0.2, 0.25) is 0 Å². The fraction of sp³-hybridized carbons (Fsp3) is 0.571. The summed E-state index contributed by atoms with van der Waals surface area (Å²) in [5.41, 5.74) is 1.51. The fourth-order valence-corrected chi connectivity index (χ4v) is 2.73. The summed E-state index contributed by atoms with van der Waals surface area (Å²) in [6.45, 7) is 5.15. The highest BCUT2D eigenvalue weighted by Crippen LogP contribution is 2.21. The lowest BCUT2D eigenvalue weighted by atomic mass is 9.77. The topological polar surface area (TPSA) is 52.9 Å². The van der Waals surface area contributed by atoms with Gasteiger partial charge < -0.3 is 14.8 Å². The molecule has 1 unspecified atom stereocenters. The standard InChI is InChI=1S/C14H22BNO3/c1-3-11-6-7-16(9-11)10-12-8-13(19-2)4-5-14(12)15(17)18/h4-5,8,11,17-18H,3,6-7,9-10H2,1-2H3. The second kappa shape index (κ2) is 6.41. The van der Waals surface area contributed by atoms with Gasteiger partial charge in [-0.05, 0) is 42.0 Å². The second-order valence-corrected chi connectivity index (χ2v) is 5.24. The summed E-state index contributed by atoms with van der Waals surface area (Å²) in [6.07, 6.45) is 2.45. The first-order valence-corrected chi connectivity index (χ1v) is 6.89. The number of nitrogens with zero attached hydrogens (tertiary/aromatic N) is 1.